The van der Waals surface area contributed by atoms with Crippen molar-refractivity contribution in [1.29, 1.82) is 0 Å². The Balaban J connectivity index is 1.76. The molecule has 1 amide bonds. The van der Waals surface area contributed by atoms with Gasteiger partial charge in [-0.1, -0.05) is 29.8 Å². The van der Waals surface area contributed by atoms with E-state index in [1.54, 1.807) is 35.6 Å². The zero-order valence-electron chi connectivity index (χ0n) is 12.5. The van der Waals surface area contributed by atoms with Crippen LogP contribution in [0.1, 0.15) is 23.4 Å². The molecule has 0 fully saturated rings. The van der Waals surface area contributed by atoms with Gasteiger partial charge in [-0.25, -0.2) is 4.79 Å². The van der Waals surface area contributed by atoms with Gasteiger partial charge in [-0.05, 0) is 42.1 Å². The maximum Gasteiger partial charge on any atom is 0.331 e. The number of benzene rings is 1. The molecule has 6 heteroatoms. The minimum Gasteiger partial charge on any atom is -0.452 e. The van der Waals surface area contributed by atoms with Crippen LogP contribution in [0.5, 0.6) is 0 Å². The summed E-state index contributed by atoms with van der Waals surface area (Å²) in [5, 5.41) is 5.30. The smallest absolute Gasteiger partial charge is 0.331 e. The number of halogens is 1. The molecule has 1 heterocycles. The second-order valence-corrected chi connectivity index (χ2v) is 6.22. The Bertz CT molecular complexity index is 698. The minimum atomic E-state index is -0.580. The van der Waals surface area contributed by atoms with Crippen LogP contribution in [0.2, 0.25) is 5.02 Å². The Hall–Kier alpha value is -2.11. The molecule has 0 aliphatic rings. The van der Waals surface area contributed by atoms with Gasteiger partial charge in [-0.15, -0.1) is 11.3 Å². The molecule has 0 radical (unpaired) electrons. The molecule has 1 aromatic heterocycles. The zero-order valence-corrected chi connectivity index (χ0v) is 14.1. The highest BCUT2D eigenvalue weighted by Crippen LogP contribution is 2.17. The maximum atomic E-state index is 11.7. The van der Waals surface area contributed by atoms with E-state index in [0.29, 0.717) is 5.02 Å². The lowest BCUT2D eigenvalue weighted by molar-refractivity contribution is -0.144. The number of nitrogens with one attached hydrogen (secondary N) is 1. The van der Waals surface area contributed by atoms with Crippen molar-refractivity contribution >= 4 is 40.9 Å². The summed E-state index contributed by atoms with van der Waals surface area (Å²) in [5.41, 5.74) is 0.783. The fourth-order valence-electron chi connectivity index (χ4n) is 1.85. The predicted octanol–water partition coefficient (Wildman–Crippen LogP) is 3.84. The highest BCUT2D eigenvalue weighted by Gasteiger charge is 2.11. The molecule has 1 aromatic carbocycles. The Morgan fingerprint density at radius 3 is 2.87 bits per heavy atom. The van der Waals surface area contributed by atoms with E-state index in [1.165, 1.54) is 6.08 Å². The van der Waals surface area contributed by atoms with E-state index in [2.05, 4.69) is 5.32 Å². The first-order chi connectivity index (χ1) is 11.0. The van der Waals surface area contributed by atoms with Gasteiger partial charge in [0.05, 0.1) is 6.04 Å². The van der Waals surface area contributed by atoms with Gasteiger partial charge in [-0.2, -0.15) is 0 Å². The number of rotatable bonds is 6. The molecule has 1 N–H and O–H groups in total. The molecule has 4 nitrogen and oxygen atoms in total. The van der Waals surface area contributed by atoms with E-state index in [4.69, 9.17) is 16.3 Å². The van der Waals surface area contributed by atoms with Gasteiger partial charge in [0, 0.05) is 16.0 Å². The molecule has 0 aliphatic carbocycles. The maximum absolute atomic E-state index is 11.7. The van der Waals surface area contributed by atoms with E-state index >= 15 is 0 Å². The molecule has 2 aromatic rings. The molecule has 0 saturated carbocycles. The van der Waals surface area contributed by atoms with Crippen LogP contribution in [0.3, 0.4) is 0 Å². The Kier molecular flexibility index (Phi) is 6.38. The van der Waals surface area contributed by atoms with E-state index in [0.717, 1.165) is 10.4 Å². The van der Waals surface area contributed by atoms with Crippen molar-refractivity contribution in [2.45, 2.75) is 13.0 Å². The summed E-state index contributed by atoms with van der Waals surface area (Å²) >= 11 is 7.41. The standard InChI is InChI=1S/C17H16ClNO3S/c1-12(15-6-3-9-23-15)19-16(20)11-22-17(21)8-7-13-4-2-5-14(18)10-13/h2-10,12H,11H2,1H3,(H,19,20)/b8-7+/t12-/m1/s1. The van der Waals surface area contributed by atoms with E-state index in [1.807, 2.05) is 30.5 Å². The molecular formula is C17H16ClNO3S. The average Bonchev–Trinajstić information content (AvgIpc) is 3.05. The van der Waals surface area contributed by atoms with Gasteiger partial charge in [0.1, 0.15) is 0 Å². The van der Waals surface area contributed by atoms with Crippen molar-refractivity contribution in [3.8, 4) is 0 Å². The summed E-state index contributed by atoms with van der Waals surface area (Å²) < 4.78 is 4.91. The number of ether oxygens (including phenoxy) is 1. The molecule has 0 bridgehead atoms. The molecule has 23 heavy (non-hydrogen) atoms. The van der Waals surface area contributed by atoms with Gasteiger partial charge >= 0.3 is 5.97 Å². The van der Waals surface area contributed by atoms with Crippen molar-refractivity contribution in [2.24, 2.45) is 0 Å². The number of amides is 1. The van der Waals surface area contributed by atoms with Gasteiger partial charge in [0.2, 0.25) is 0 Å². The number of carbonyl (C=O) groups excluding carboxylic acids is 2. The van der Waals surface area contributed by atoms with Crippen LogP contribution < -0.4 is 5.32 Å². The van der Waals surface area contributed by atoms with Gasteiger partial charge in [0.25, 0.3) is 5.91 Å². The van der Waals surface area contributed by atoms with Crippen LogP contribution in [0.15, 0.2) is 47.9 Å². The Labute approximate surface area is 143 Å². The lowest BCUT2D eigenvalue weighted by Crippen LogP contribution is -2.30. The highest BCUT2D eigenvalue weighted by atomic mass is 35.5. The second-order valence-electron chi connectivity index (χ2n) is 4.80. The molecule has 120 valence electrons. The molecule has 2 rings (SSSR count). The number of esters is 1. The molecule has 1 atom stereocenters. The first-order valence-electron chi connectivity index (χ1n) is 6.98. The molecular weight excluding hydrogens is 334 g/mol. The van der Waals surface area contributed by atoms with Crippen LogP contribution in [0.4, 0.5) is 0 Å². The first kappa shape index (κ1) is 17.2. The third-order valence-electron chi connectivity index (χ3n) is 2.95. The fourth-order valence-corrected chi connectivity index (χ4v) is 2.78. The van der Waals surface area contributed by atoms with Crippen molar-refractivity contribution in [2.75, 3.05) is 6.61 Å². The highest BCUT2D eigenvalue weighted by molar-refractivity contribution is 7.10. The normalized spacial score (nSPS) is 12.1. The van der Waals surface area contributed by atoms with Crippen LogP contribution in [0.25, 0.3) is 6.08 Å². The van der Waals surface area contributed by atoms with Crippen molar-refractivity contribution in [3.63, 3.8) is 0 Å². The van der Waals surface area contributed by atoms with Crippen molar-refractivity contribution in [3.05, 3.63) is 63.3 Å². The minimum absolute atomic E-state index is 0.108. The van der Waals surface area contributed by atoms with Gasteiger partial charge < -0.3 is 10.1 Å². The summed E-state index contributed by atoms with van der Waals surface area (Å²) in [7, 11) is 0. The monoisotopic (exact) mass is 349 g/mol. The van der Waals surface area contributed by atoms with E-state index in [9.17, 15) is 9.59 Å². The lowest BCUT2D eigenvalue weighted by atomic mass is 10.2. The van der Waals surface area contributed by atoms with Crippen LogP contribution >= 0.6 is 22.9 Å². The zero-order chi connectivity index (χ0) is 16.7. The third kappa shape index (κ3) is 5.88. The third-order valence-corrected chi connectivity index (χ3v) is 4.24. The number of hydrogen-bond donors (Lipinski definition) is 1. The molecule has 0 spiro atoms. The predicted molar refractivity (Wildman–Crippen MR) is 92.3 cm³/mol. The molecule has 0 unspecified atom stereocenters. The molecule has 0 saturated heterocycles. The average molecular weight is 350 g/mol. The summed E-state index contributed by atoms with van der Waals surface area (Å²) in [6.45, 7) is 1.57. The van der Waals surface area contributed by atoms with E-state index < -0.39 is 5.97 Å². The summed E-state index contributed by atoms with van der Waals surface area (Å²) in [4.78, 5) is 24.4. The van der Waals surface area contributed by atoms with Gasteiger partial charge in [-0.3, -0.25) is 4.79 Å². The van der Waals surface area contributed by atoms with Crippen molar-refractivity contribution in [1.82, 2.24) is 5.32 Å². The summed E-state index contributed by atoms with van der Waals surface area (Å²) in [5.74, 6) is -0.917. The van der Waals surface area contributed by atoms with E-state index in [-0.39, 0.29) is 18.6 Å². The topological polar surface area (TPSA) is 55.4 Å². The van der Waals surface area contributed by atoms with Crippen LogP contribution in [-0.4, -0.2) is 18.5 Å². The van der Waals surface area contributed by atoms with Crippen LogP contribution in [-0.2, 0) is 14.3 Å². The Morgan fingerprint density at radius 1 is 1.35 bits per heavy atom. The number of carbonyl (C=O) groups is 2. The Morgan fingerprint density at radius 2 is 2.17 bits per heavy atom. The molecule has 0 aliphatic heterocycles. The first-order valence-corrected chi connectivity index (χ1v) is 8.23. The summed E-state index contributed by atoms with van der Waals surface area (Å²) in [6, 6.07) is 10.8. The second kappa shape index (κ2) is 8.50. The van der Waals surface area contributed by atoms with Crippen molar-refractivity contribution < 1.29 is 14.3 Å². The number of thiophene rings is 1. The largest absolute Gasteiger partial charge is 0.452 e. The fraction of sp³-hybridized carbons (Fsp3) is 0.176. The quantitative estimate of drug-likeness (QED) is 0.637. The number of hydrogen-bond acceptors (Lipinski definition) is 4. The lowest BCUT2D eigenvalue weighted by Gasteiger charge is -2.11. The van der Waals surface area contributed by atoms with Crippen LogP contribution in [0, 0.1) is 0 Å². The van der Waals surface area contributed by atoms with Gasteiger partial charge in [0.15, 0.2) is 6.61 Å². The SMILES string of the molecule is C[C@@H](NC(=O)COC(=O)/C=C/c1cccc(Cl)c1)c1cccs1. The summed E-state index contributed by atoms with van der Waals surface area (Å²) in [6.07, 6.45) is 2.85.